The van der Waals surface area contributed by atoms with Crippen molar-refractivity contribution in [1.29, 1.82) is 0 Å². The molecule has 1 aromatic rings. The maximum atomic E-state index is 12.8. The predicted octanol–water partition coefficient (Wildman–Crippen LogP) is 2.33. The summed E-state index contributed by atoms with van der Waals surface area (Å²) in [5, 5.41) is 3.21. The maximum Gasteiger partial charge on any atom is 0.134 e. The third-order valence-corrected chi connectivity index (χ3v) is 2.82. The van der Waals surface area contributed by atoms with Crippen LogP contribution in [0.25, 0.3) is 0 Å². The van der Waals surface area contributed by atoms with E-state index in [1.807, 2.05) is 0 Å². The highest BCUT2D eigenvalue weighted by atomic mass is 79.9. The number of hydrogen-bond acceptors (Lipinski definition) is 2. The van der Waals surface area contributed by atoms with E-state index in [-0.39, 0.29) is 11.9 Å². The van der Waals surface area contributed by atoms with Crippen LogP contribution >= 0.6 is 15.9 Å². The van der Waals surface area contributed by atoms with Crippen LogP contribution in [-0.4, -0.2) is 19.2 Å². The van der Waals surface area contributed by atoms with Crippen LogP contribution in [-0.2, 0) is 0 Å². The summed E-state index contributed by atoms with van der Waals surface area (Å²) in [6.45, 7) is 1.85. The van der Waals surface area contributed by atoms with Gasteiger partial charge in [0, 0.05) is 6.54 Å². The molecule has 0 radical (unpaired) electrons. The molecular weight excluding hydrogens is 249 g/mol. The van der Waals surface area contributed by atoms with Gasteiger partial charge >= 0.3 is 0 Å². The third kappa shape index (κ3) is 2.25. The van der Waals surface area contributed by atoms with Gasteiger partial charge in [-0.2, -0.15) is 0 Å². The predicted molar refractivity (Wildman–Crippen MR) is 56.0 cm³/mol. The zero-order chi connectivity index (χ0) is 9.97. The zero-order valence-corrected chi connectivity index (χ0v) is 9.18. The van der Waals surface area contributed by atoms with Crippen molar-refractivity contribution < 1.29 is 9.13 Å². The molecule has 0 aromatic heterocycles. The molecule has 1 aliphatic heterocycles. The van der Waals surface area contributed by atoms with Crippen LogP contribution in [0.2, 0.25) is 0 Å². The summed E-state index contributed by atoms with van der Waals surface area (Å²) < 4.78 is 19.1. The van der Waals surface area contributed by atoms with Gasteiger partial charge in [0.1, 0.15) is 17.7 Å². The molecule has 0 bridgehead atoms. The Kier molecular flexibility index (Phi) is 3.03. The normalized spacial score (nSPS) is 21.1. The fourth-order valence-corrected chi connectivity index (χ4v) is 1.92. The second-order valence-corrected chi connectivity index (χ2v) is 4.16. The molecule has 1 heterocycles. The molecule has 0 saturated carbocycles. The number of halogens is 2. The molecule has 1 fully saturated rings. The van der Waals surface area contributed by atoms with Crippen molar-refractivity contribution in [3.05, 3.63) is 28.5 Å². The van der Waals surface area contributed by atoms with Crippen molar-refractivity contribution in [2.24, 2.45) is 0 Å². The van der Waals surface area contributed by atoms with Crippen molar-refractivity contribution in [1.82, 2.24) is 5.32 Å². The Morgan fingerprint density at radius 3 is 3.00 bits per heavy atom. The summed E-state index contributed by atoms with van der Waals surface area (Å²) in [5.74, 6) is 0.453. The van der Waals surface area contributed by atoms with Gasteiger partial charge in [0.05, 0.1) is 4.47 Å². The van der Waals surface area contributed by atoms with E-state index in [2.05, 4.69) is 21.2 Å². The molecule has 0 unspecified atom stereocenters. The lowest BCUT2D eigenvalue weighted by Gasteiger charge is -2.13. The smallest absolute Gasteiger partial charge is 0.134 e. The van der Waals surface area contributed by atoms with Crippen LogP contribution in [0.4, 0.5) is 4.39 Å². The summed E-state index contributed by atoms with van der Waals surface area (Å²) in [7, 11) is 0. The fourth-order valence-electron chi connectivity index (χ4n) is 1.48. The van der Waals surface area contributed by atoms with Crippen molar-refractivity contribution >= 4 is 15.9 Å². The third-order valence-electron chi connectivity index (χ3n) is 2.20. The van der Waals surface area contributed by atoms with Gasteiger partial charge in [-0.1, -0.05) is 0 Å². The molecule has 0 amide bonds. The average molecular weight is 260 g/mol. The average Bonchev–Trinajstić information content (AvgIpc) is 2.62. The second-order valence-electron chi connectivity index (χ2n) is 3.31. The van der Waals surface area contributed by atoms with Gasteiger partial charge < -0.3 is 10.1 Å². The Balaban J connectivity index is 2.08. The number of nitrogens with one attached hydrogen (secondary N) is 1. The van der Waals surface area contributed by atoms with Gasteiger partial charge in [-0.3, -0.25) is 0 Å². The van der Waals surface area contributed by atoms with Crippen LogP contribution in [0, 0.1) is 5.82 Å². The maximum absolute atomic E-state index is 12.8. The molecule has 4 heteroatoms. The van der Waals surface area contributed by atoms with Crippen molar-refractivity contribution in [2.75, 3.05) is 13.1 Å². The molecule has 2 nitrogen and oxygen atoms in total. The molecule has 1 atom stereocenters. The summed E-state index contributed by atoms with van der Waals surface area (Å²) in [4.78, 5) is 0. The first-order chi connectivity index (χ1) is 6.75. The van der Waals surface area contributed by atoms with Crippen LogP contribution < -0.4 is 10.1 Å². The molecule has 1 N–H and O–H groups in total. The van der Waals surface area contributed by atoms with Crippen molar-refractivity contribution in [3.63, 3.8) is 0 Å². The molecular formula is C10H11BrFNO. The highest BCUT2D eigenvalue weighted by Crippen LogP contribution is 2.27. The van der Waals surface area contributed by atoms with E-state index in [0.29, 0.717) is 10.2 Å². The molecule has 0 aliphatic carbocycles. The first-order valence-electron chi connectivity index (χ1n) is 4.58. The Labute approximate surface area is 90.6 Å². The zero-order valence-electron chi connectivity index (χ0n) is 7.59. The minimum Gasteiger partial charge on any atom is -0.488 e. The molecule has 1 saturated heterocycles. The minimum absolute atomic E-state index is 0.205. The topological polar surface area (TPSA) is 21.3 Å². The molecule has 1 aliphatic rings. The number of ether oxygens (including phenoxy) is 1. The summed E-state index contributed by atoms with van der Waals surface area (Å²) in [6, 6.07) is 4.47. The quantitative estimate of drug-likeness (QED) is 0.881. The summed E-state index contributed by atoms with van der Waals surface area (Å²) in [6.07, 6.45) is 1.21. The first-order valence-corrected chi connectivity index (χ1v) is 5.37. The Bertz CT molecular complexity index is 326. The number of rotatable bonds is 2. The molecule has 14 heavy (non-hydrogen) atoms. The molecule has 76 valence electrons. The van der Waals surface area contributed by atoms with Gasteiger partial charge in [0.2, 0.25) is 0 Å². The SMILES string of the molecule is Fc1ccc(O[C@H]2CCNC2)c(Br)c1. The molecule has 2 rings (SSSR count). The van der Waals surface area contributed by atoms with E-state index >= 15 is 0 Å². The van der Waals surface area contributed by atoms with Gasteiger partial charge in [-0.15, -0.1) is 0 Å². The molecule has 1 aromatic carbocycles. The van der Waals surface area contributed by atoms with Crippen LogP contribution in [0.5, 0.6) is 5.75 Å². The Morgan fingerprint density at radius 1 is 1.50 bits per heavy atom. The first kappa shape index (κ1) is 9.93. The lowest BCUT2D eigenvalue weighted by Crippen LogP contribution is -2.19. The highest BCUT2D eigenvalue weighted by Gasteiger charge is 2.16. The van der Waals surface area contributed by atoms with E-state index in [0.717, 1.165) is 19.5 Å². The van der Waals surface area contributed by atoms with E-state index in [4.69, 9.17) is 4.74 Å². The Morgan fingerprint density at radius 2 is 2.36 bits per heavy atom. The summed E-state index contributed by atoms with van der Waals surface area (Å²) >= 11 is 3.27. The summed E-state index contributed by atoms with van der Waals surface area (Å²) in [5.41, 5.74) is 0. The Hall–Kier alpha value is -0.610. The van der Waals surface area contributed by atoms with Gasteiger partial charge in [0.15, 0.2) is 0 Å². The largest absolute Gasteiger partial charge is 0.488 e. The van der Waals surface area contributed by atoms with Gasteiger partial charge in [-0.25, -0.2) is 4.39 Å². The van der Waals surface area contributed by atoms with E-state index in [1.165, 1.54) is 12.1 Å². The van der Waals surface area contributed by atoms with E-state index < -0.39 is 0 Å². The lowest BCUT2D eigenvalue weighted by atomic mass is 10.3. The fraction of sp³-hybridized carbons (Fsp3) is 0.400. The van der Waals surface area contributed by atoms with Gasteiger partial charge in [0.25, 0.3) is 0 Å². The number of hydrogen-bond donors (Lipinski definition) is 1. The van der Waals surface area contributed by atoms with Crippen molar-refractivity contribution in [3.8, 4) is 5.75 Å². The van der Waals surface area contributed by atoms with Crippen LogP contribution in [0.15, 0.2) is 22.7 Å². The highest BCUT2D eigenvalue weighted by molar-refractivity contribution is 9.10. The monoisotopic (exact) mass is 259 g/mol. The lowest BCUT2D eigenvalue weighted by molar-refractivity contribution is 0.221. The standard InChI is InChI=1S/C10H11BrFNO/c11-9-5-7(12)1-2-10(9)14-8-3-4-13-6-8/h1-2,5,8,13H,3-4,6H2/t8-/m0/s1. The van der Waals surface area contributed by atoms with Crippen LogP contribution in [0.3, 0.4) is 0 Å². The van der Waals surface area contributed by atoms with Gasteiger partial charge in [-0.05, 0) is 47.1 Å². The second kappa shape index (κ2) is 4.28. The van der Waals surface area contributed by atoms with E-state index in [1.54, 1.807) is 6.07 Å². The number of benzene rings is 1. The molecule has 0 spiro atoms. The van der Waals surface area contributed by atoms with Crippen LogP contribution in [0.1, 0.15) is 6.42 Å². The van der Waals surface area contributed by atoms with E-state index in [9.17, 15) is 4.39 Å². The minimum atomic E-state index is -0.256. The van der Waals surface area contributed by atoms with Crippen molar-refractivity contribution in [2.45, 2.75) is 12.5 Å².